The number of anilines is 1. The Hall–Kier alpha value is -1.82. The Morgan fingerprint density at radius 1 is 0.897 bits per heavy atom. The standard InChI is InChI=1S/C15H11Cl2F8NO3/c1-12(2,3)29-11(28)26(10(27)13(18,19)15(23,24)25)9-7(16)4-6(5-8(9)17)14(20,21)22/h4-5H,1-3H3. The molecule has 2 amide bonds. The molecule has 1 aromatic rings. The molecular weight excluding hydrogens is 465 g/mol. The molecule has 0 heterocycles. The summed E-state index contributed by atoms with van der Waals surface area (Å²) < 4.78 is 108. The maximum absolute atomic E-state index is 13.6. The molecule has 4 nitrogen and oxygen atoms in total. The van der Waals surface area contributed by atoms with Crippen molar-refractivity contribution in [2.45, 2.75) is 44.6 Å². The van der Waals surface area contributed by atoms with Crippen molar-refractivity contribution in [3.8, 4) is 0 Å². The van der Waals surface area contributed by atoms with Crippen LogP contribution >= 0.6 is 23.2 Å². The predicted octanol–water partition coefficient (Wildman–Crippen LogP) is 6.48. The third-order valence-electron chi connectivity index (χ3n) is 2.97. The first kappa shape index (κ1) is 25.2. The van der Waals surface area contributed by atoms with E-state index in [0.717, 1.165) is 0 Å². The number of hydrogen-bond donors (Lipinski definition) is 0. The summed E-state index contributed by atoms with van der Waals surface area (Å²) in [7, 11) is 0. The smallest absolute Gasteiger partial charge is 0.443 e. The Labute approximate surface area is 168 Å². The Balaban J connectivity index is 3.71. The van der Waals surface area contributed by atoms with Gasteiger partial charge in [0, 0.05) is 0 Å². The fourth-order valence-electron chi connectivity index (χ4n) is 1.79. The number of amides is 2. The van der Waals surface area contributed by atoms with Crippen LogP contribution in [0.3, 0.4) is 0 Å². The second kappa shape index (κ2) is 7.78. The molecule has 164 valence electrons. The zero-order valence-corrected chi connectivity index (χ0v) is 16.1. The van der Waals surface area contributed by atoms with E-state index in [2.05, 4.69) is 4.74 Å². The lowest BCUT2D eigenvalue weighted by molar-refractivity contribution is -0.268. The average molecular weight is 476 g/mol. The second-order valence-electron chi connectivity index (χ2n) is 6.48. The van der Waals surface area contributed by atoms with E-state index < -0.39 is 62.1 Å². The van der Waals surface area contributed by atoms with Gasteiger partial charge in [0.1, 0.15) is 5.60 Å². The van der Waals surface area contributed by atoms with Crippen LogP contribution in [0, 0.1) is 0 Å². The highest BCUT2D eigenvalue weighted by molar-refractivity contribution is 6.41. The molecular formula is C15H11Cl2F8NO3. The van der Waals surface area contributed by atoms with Crippen LogP contribution < -0.4 is 4.90 Å². The van der Waals surface area contributed by atoms with Gasteiger partial charge in [-0.1, -0.05) is 23.2 Å². The summed E-state index contributed by atoms with van der Waals surface area (Å²) in [4.78, 5) is 23.3. The number of halogens is 10. The van der Waals surface area contributed by atoms with E-state index in [1.54, 1.807) is 0 Å². The van der Waals surface area contributed by atoms with Crippen molar-refractivity contribution in [1.82, 2.24) is 0 Å². The van der Waals surface area contributed by atoms with E-state index in [1.165, 1.54) is 20.8 Å². The maximum Gasteiger partial charge on any atom is 0.463 e. The molecule has 0 N–H and O–H groups in total. The molecule has 0 aromatic heterocycles. The van der Waals surface area contributed by atoms with Crippen LogP contribution in [0.5, 0.6) is 0 Å². The van der Waals surface area contributed by atoms with Crippen LogP contribution in [0.4, 0.5) is 45.6 Å². The molecule has 1 aromatic carbocycles. The number of rotatable bonds is 2. The monoisotopic (exact) mass is 475 g/mol. The Morgan fingerprint density at radius 2 is 1.31 bits per heavy atom. The van der Waals surface area contributed by atoms with Crippen molar-refractivity contribution in [3.05, 3.63) is 27.7 Å². The highest BCUT2D eigenvalue weighted by atomic mass is 35.5. The van der Waals surface area contributed by atoms with Crippen molar-refractivity contribution in [2.75, 3.05) is 4.90 Å². The van der Waals surface area contributed by atoms with E-state index in [-0.39, 0.29) is 12.1 Å². The predicted molar refractivity (Wildman–Crippen MR) is 86.2 cm³/mol. The van der Waals surface area contributed by atoms with Crippen LogP contribution in [-0.4, -0.2) is 29.7 Å². The van der Waals surface area contributed by atoms with Gasteiger partial charge in [-0.2, -0.15) is 35.1 Å². The molecule has 1 rings (SSSR count). The number of carbonyl (C=O) groups is 2. The third kappa shape index (κ3) is 5.62. The molecule has 0 saturated carbocycles. The van der Waals surface area contributed by atoms with E-state index in [0.29, 0.717) is 0 Å². The zero-order chi connectivity index (χ0) is 23.2. The molecule has 0 atom stereocenters. The molecule has 0 aliphatic heterocycles. The molecule has 0 aliphatic rings. The fourth-order valence-corrected chi connectivity index (χ4v) is 2.44. The van der Waals surface area contributed by atoms with Gasteiger partial charge in [0.25, 0.3) is 0 Å². The van der Waals surface area contributed by atoms with Crippen LogP contribution in [0.15, 0.2) is 12.1 Å². The normalized spacial score (nSPS) is 13.3. The van der Waals surface area contributed by atoms with Gasteiger partial charge in [-0.15, -0.1) is 0 Å². The van der Waals surface area contributed by atoms with Gasteiger partial charge in [0.2, 0.25) is 0 Å². The zero-order valence-electron chi connectivity index (χ0n) is 14.6. The summed E-state index contributed by atoms with van der Waals surface area (Å²) in [6, 6.07) is 0.193. The van der Waals surface area contributed by atoms with Gasteiger partial charge in [-0.3, -0.25) is 4.79 Å². The van der Waals surface area contributed by atoms with Crippen molar-refractivity contribution >= 4 is 40.9 Å². The molecule has 14 heteroatoms. The lowest BCUT2D eigenvalue weighted by Crippen LogP contribution is -2.55. The minimum atomic E-state index is -6.44. The Morgan fingerprint density at radius 3 is 1.62 bits per heavy atom. The number of ether oxygens (including phenoxy) is 1. The average Bonchev–Trinajstić information content (AvgIpc) is 2.45. The molecule has 0 radical (unpaired) electrons. The van der Waals surface area contributed by atoms with E-state index in [9.17, 15) is 44.7 Å². The molecule has 0 fully saturated rings. The minimum Gasteiger partial charge on any atom is -0.443 e. The van der Waals surface area contributed by atoms with Gasteiger partial charge in [0.05, 0.1) is 21.3 Å². The quantitative estimate of drug-likeness (QED) is 0.460. The van der Waals surface area contributed by atoms with E-state index in [4.69, 9.17) is 23.2 Å². The summed E-state index contributed by atoms with van der Waals surface area (Å²) >= 11 is 11.1. The number of carbonyl (C=O) groups excluding carboxylic acids is 2. The van der Waals surface area contributed by atoms with Crippen molar-refractivity contribution < 1.29 is 49.4 Å². The van der Waals surface area contributed by atoms with E-state index in [1.807, 2.05) is 0 Å². The highest BCUT2D eigenvalue weighted by Crippen LogP contribution is 2.44. The van der Waals surface area contributed by atoms with Crippen LogP contribution in [0.1, 0.15) is 26.3 Å². The van der Waals surface area contributed by atoms with Gasteiger partial charge in [-0.05, 0) is 32.9 Å². The second-order valence-corrected chi connectivity index (χ2v) is 7.29. The van der Waals surface area contributed by atoms with Crippen LogP contribution in [-0.2, 0) is 15.7 Å². The van der Waals surface area contributed by atoms with Gasteiger partial charge in [-0.25, -0.2) is 9.69 Å². The SMILES string of the molecule is CC(C)(C)OC(=O)N(C(=O)C(F)(F)C(F)(F)F)c1c(Cl)cc(C(F)(F)F)cc1Cl. The molecule has 0 unspecified atom stereocenters. The highest BCUT2D eigenvalue weighted by Gasteiger charge is 2.66. The fraction of sp³-hybridized carbons (Fsp3) is 0.467. The summed E-state index contributed by atoms with van der Waals surface area (Å²) in [6.45, 7) is 3.56. The maximum atomic E-state index is 13.6. The largest absolute Gasteiger partial charge is 0.463 e. The number of imide groups is 1. The summed E-state index contributed by atoms with van der Waals surface area (Å²) in [6.07, 6.45) is -13.5. The van der Waals surface area contributed by atoms with Crippen molar-refractivity contribution in [1.29, 1.82) is 0 Å². The molecule has 0 spiro atoms. The van der Waals surface area contributed by atoms with E-state index >= 15 is 0 Å². The molecule has 0 aliphatic carbocycles. The molecule has 0 bridgehead atoms. The summed E-state index contributed by atoms with van der Waals surface area (Å²) in [5.74, 6) is -9.28. The minimum absolute atomic E-state index is 0.0964. The summed E-state index contributed by atoms with van der Waals surface area (Å²) in [5, 5.41) is -2.39. The molecule has 0 saturated heterocycles. The van der Waals surface area contributed by atoms with Crippen molar-refractivity contribution in [2.24, 2.45) is 0 Å². The van der Waals surface area contributed by atoms with Gasteiger partial charge in [0.15, 0.2) is 0 Å². The van der Waals surface area contributed by atoms with Gasteiger partial charge < -0.3 is 4.74 Å². The number of hydrogen-bond acceptors (Lipinski definition) is 3. The molecule has 29 heavy (non-hydrogen) atoms. The van der Waals surface area contributed by atoms with Gasteiger partial charge >= 0.3 is 30.3 Å². The lowest BCUT2D eigenvalue weighted by atomic mass is 10.1. The van der Waals surface area contributed by atoms with Crippen LogP contribution in [0.25, 0.3) is 0 Å². The van der Waals surface area contributed by atoms with Crippen LogP contribution in [0.2, 0.25) is 10.0 Å². The first-order chi connectivity index (χ1) is 12.7. The third-order valence-corrected chi connectivity index (χ3v) is 3.55. The number of alkyl halides is 8. The number of nitrogens with zero attached hydrogens (tertiary/aromatic N) is 1. The number of benzene rings is 1. The first-order valence-corrected chi connectivity index (χ1v) is 8.04. The topological polar surface area (TPSA) is 46.6 Å². The Bertz CT molecular complexity index is 792. The lowest BCUT2D eigenvalue weighted by Gasteiger charge is -2.30. The first-order valence-electron chi connectivity index (χ1n) is 7.28. The Kier molecular flexibility index (Phi) is 6.77. The van der Waals surface area contributed by atoms with Crippen molar-refractivity contribution in [3.63, 3.8) is 0 Å². The summed E-state index contributed by atoms with van der Waals surface area (Å²) in [5.41, 5.74) is -4.33.